The first-order valence-corrected chi connectivity index (χ1v) is 9.38. The predicted molar refractivity (Wildman–Crippen MR) is 106 cm³/mol. The van der Waals surface area contributed by atoms with Gasteiger partial charge in [-0.3, -0.25) is 19.7 Å². The first kappa shape index (κ1) is 19.5. The molecule has 0 aliphatic carbocycles. The van der Waals surface area contributed by atoms with Gasteiger partial charge in [-0.05, 0) is 47.6 Å². The molecule has 3 rings (SSSR count). The molecule has 0 bridgehead atoms. The van der Waals surface area contributed by atoms with E-state index >= 15 is 0 Å². The van der Waals surface area contributed by atoms with Crippen molar-refractivity contribution < 1.29 is 19.1 Å². The summed E-state index contributed by atoms with van der Waals surface area (Å²) in [5, 5.41) is 2.25. The molecule has 28 heavy (non-hydrogen) atoms. The lowest BCUT2D eigenvalue weighted by atomic mass is 9.99. The SMILES string of the molecule is C=CCCc1ccc(COC(=O)Cc2cccc3c2C(=O)NC3=O)c(CC)c1. The van der Waals surface area contributed by atoms with Crippen LogP contribution in [0.1, 0.15) is 56.3 Å². The van der Waals surface area contributed by atoms with Crippen LogP contribution in [0, 0.1) is 0 Å². The third kappa shape index (κ3) is 4.19. The van der Waals surface area contributed by atoms with Gasteiger partial charge in [0.15, 0.2) is 0 Å². The van der Waals surface area contributed by atoms with Crippen molar-refractivity contribution >= 4 is 17.8 Å². The van der Waals surface area contributed by atoms with E-state index < -0.39 is 17.8 Å². The first-order valence-electron chi connectivity index (χ1n) is 9.38. The van der Waals surface area contributed by atoms with Gasteiger partial charge >= 0.3 is 5.97 Å². The Morgan fingerprint density at radius 3 is 2.68 bits per heavy atom. The van der Waals surface area contributed by atoms with Gasteiger partial charge in [0.05, 0.1) is 17.5 Å². The van der Waals surface area contributed by atoms with E-state index in [1.165, 1.54) is 5.56 Å². The number of amides is 2. The minimum absolute atomic E-state index is 0.0528. The summed E-state index contributed by atoms with van der Waals surface area (Å²) in [6.07, 6.45) is 4.56. The maximum Gasteiger partial charge on any atom is 0.310 e. The van der Waals surface area contributed by atoms with E-state index in [4.69, 9.17) is 4.74 Å². The van der Waals surface area contributed by atoms with Crippen LogP contribution in [0.15, 0.2) is 49.1 Å². The molecule has 5 heteroatoms. The topological polar surface area (TPSA) is 72.5 Å². The first-order chi connectivity index (χ1) is 13.5. The van der Waals surface area contributed by atoms with Crippen LogP contribution >= 0.6 is 0 Å². The van der Waals surface area contributed by atoms with Gasteiger partial charge in [-0.2, -0.15) is 0 Å². The number of fused-ring (bicyclic) bond motifs is 1. The van der Waals surface area contributed by atoms with Crippen LogP contribution in [0.25, 0.3) is 0 Å². The van der Waals surface area contributed by atoms with Crippen LogP contribution in [0.5, 0.6) is 0 Å². The van der Waals surface area contributed by atoms with Crippen LogP contribution in [0.4, 0.5) is 0 Å². The van der Waals surface area contributed by atoms with Gasteiger partial charge in [-0.1, -0.05) is 43.3 Å². The van der Waals surface area contributed by atoms with Gasteiger partial charge in [-0.15, -0.1) is 6.58 Å². The summed E-state index contributed by atoms with van der Waals surface area (Å²) in [6.45, 7) is 6.00. The fourth-order valence-corrected chi connectivity index (χ4v) is 3.38. The van der Waals surface area contributed by atoms with E-state index in [9.17, 15) is 14.4 Å². The molecule has 0 saturated heterocycles. The molecule has 0 radical (unpaired) electrons. The van der Waals surface area contributed by atoms with Crippen molar-refractivity contribution in [2.75, 3.05) is 0 Å². The standard InChI is InChI=1S/C23H23NO4/c1-3-5-7-15-10-11-18(16(4-2)12-15)14-28-20(25)13-17-8-6-9-19-21(17)23(27)24-22(19)26/h3,6,8-12H,1,4-5,7,13-14H2,2H3,(H,24,26,27). The molecule has 0 atom stereocenters. The number of carbonyl (C=O) groups excluding carboxylic acids is 3. The molecule has 0 spiro atoms. The highest BCUT2D eigenvalue weighted by Crippen LogP contribution is 2.21. The summed E-state index contributed by atoms with van der Waals surface area (Å²) in [6, 6.07) is 11.1. The second kappa shape index (κ2) is 8.65. The fraction of sp³-hybridized carbons (Fsp3) is 0.261. The number of hydrogen-bond donors (Lipinski definition) is 1. The van der Waals surface area contributed by atoms with Crippen molar-refractivity contribution in [1.29, 1.82) is 0 Å². The zero-order valence-corrected chi connectivity index (χ0v) is 15.9. The van der Waals surface area contributed by atoms with Crippen LogP contribution < -0.4 is 5.32 Å². The largest absolute Gasteiger partial charge is 0.461 e. The predicted octanol–water partition coefficient (Wildman–Crippen LogP) is 3.54. The van der Waals surface area contributed by atoms with E-state index in [1.807, 2.05) is 18.2 Å². The normalized spacial score (nSPS) is 12.5. The Bertz CT molecular complexity index is 946. The summed E-state index contributed by atoms with van der Waals surface area (Å²) >= 11 is 0. The molecule has 1 aliphatic rings. The van der Waals surface area contributed by atoms with Gasteiger partial charge < -0.3 is 4.74 Å². The van der Waals surface area contributed by atoms with Crippen molar-refractivity contribution in [3.63, 3.8) is 0 Å². The fourth-order valence-electron chi connectivity index (χ4n) is 3.38. The summed E-state index contributed by atoms with van der Waals surface area (Å²) in [5.74, 6) is -1.33. The molecule has 0 unspecified atom stereocenters. The third-order valence-electron chi connectivity index (χ3n) is 4.86. The van der Waals surface area contributed by atoms with Crippen molar-refractivity contribution in [2.45, 2.75) is 39.2 Å². The maximum atomic E-state index is 12.3. The molecular weight excluding hydrogens is 354 g/mol. The molecule has 2 aromatic rings. The summed E-state index contributed by atoms with van der Waals surface area (Å²) in [5.41, 5.74) is 4.44. The van der Waals surface area contributed by atoms with Gasteiger partial charge in [0, 0.05) is 0 Å². The number of rotatable bonds is 8. The second-order valence-electron chi connectivity index (χ2n) is 6.74. The van der Waals surface area contributed by atoms with Crippen molar-refractivity contribution in [3.05, 3.63) is 82.4 Å². The zero-order chi connectivity index (χ0) is 20.1. The monoisotopic (exact) mass is 377 g/mol. The van der Waals surface area contributed by atoms with E-state index in [0.29, 0.717) is 11.1 Å². The Labute approximate surface area is 164 Å². The van der Waals surface area contributed by atoms with Crippen molar-refractivity contribution in [1.82, 2.24) is 5.32 Å². The average Bonchev–Trinajstić information content (AvgIpc) is 2.99. The van der Waals surface area contributed by atoms with E-state index in [-0.39, 0.29) is 18.6 Å². The van der Waals surface area contributed by atoms with Crippen molar-refractivity contribution in [2.24, 2.45) is 0 Å². The number of imide groups is 1. The van der Waals surface area contributed by atoms with Gasteiger partial charge in [0.25, 0.3) is 11.8 Å². The Morgan fingerprint density at radius 2 is 1.93 bits per heavy atom. The van der Waals surface area contributed by atoms with Gasteiger partial charge in [-0.25, -0.2) is 0 Å². The lowest BCUT2D eigenvalue weighted by Gasteiger charge is -2.12. The molecule has 5 nitrogen and oxygen atoms in total. The summed E-state index contributed by atoms with van der Waals surface area (Å²) in [7, 11) is 0. The summed E-state index contributed by atoms with van der Waals surface area (Å²) < 4.78 is 5.45. The number of esters is 1. The Morgan fingerprint density at radius 1 is 1.11 bits per heavy atom. The van der Waals surface area contributed by atoms with E-state index in [1.54, 1.807) is 18.2 Å². The number of hydrogen-bond acceptors (Lipinski definition) is 4. The molecule has 1 N–H and O–H groups in total. The quantitative estimate of drug-likeness (QED) is 0.434. The highest BCUT2D eigenvalue weighted by Gasteiger charge is 2.29. The number of allylic oxidation sites excluding steroid dienone is 1. The Balaban J connectivity index is 1.66. The highest BCUT2D eigenvalue weighted by molar-refractivity contribution is 6.22. The molecule has 0 fully saturated rings. The van der Waals surface area contributed by atoms with Crippen LogP contribution in [0.2, 0.25) is 0 Å². The smallest absolute Gasteiger partial charge is 0.310 e. The molecule has 144 valence electrons. The maximum absolute atomic E-state index is 12.3. The van der Waals surface area contributed by atoms with Crippen LogP contribution in [-0.4, -0.2) is 17.8 Å². The molecule has 1 heterocycles. The third-order valence-corrected chi connectivity index (χ3v) is 4.86. The number of nitrogens with one attached hydrogen (secondary N) is 1. The number of carbonyl (C=O) groups is 3. The second-order valence-corrected chi connectivity index (χ2v) is 6.74. The average molecular weight is 377 g/mol. The van der Waals surface area contributed by atoms with Crippen molar-refractivity contribution in [3.8, 4) is 0 Å². The minimum atomic E-state index is -0.466. The van der Waals surface area contributed by atoms with E-state index in [0.717, 1.165) is 30.4 Å². The van der Waals surface area contributed by atoms with Gasteiger partial charge in [0.1, 0.15) is 6.61 Å². The number of benzene rings is 2. The highest BCUT2D eigenvalue weighted by atomic mass is 16.5. The molecule has 2 aromatic carbocycles. The molecule has 0 saturated carbocycles. The van der Waals surface area contributed by atoms with E-state index in [2.05, 4.69) is 24.9 Å². The number of aryl methyl sites for hydroxylation is 2. The Kier molecular flexibility index (Phi) is 6.04. The summed E-state index contributed by atoms with van der Waals surface area (Å²) in [4.78, 5) is 36.0. The number of ether oxygens (including phenoxy) is 1. The van der Waals surface area contributed by atoms with Crippen LogP contribution in [-0.2, 0) is 35.4 Å². The Hall–Kier alpha value is -3.21. The van der Waals surface area contributed by atoms with Crippen LogP contribution in [0.3, 0.4) is 0 Å². The lowest BCUT2D eigenvalue weighted by molar-refractivity contribution is -0.144. The molecule has 1 aliphatic heterocycles. The minimum Gasteiger partial charge on any atom is -0.461 e. The molecule has 2 amide bonds. The molecular formula is C23H23NO4. The zero-order valence-electron chi connectivity index (χ0n) is 15.9. The lowest BCUT2D eigenvalue weighted by Crippen LogP contribution is -2.20. The molecule has 0 aromatic heterocycles. The van der Waals surface area contributed by atoms with Gasteiger partial charge in [0.2, 0.25) is 0 Å².